The van der Waals surface area contributed by atoms with Crippen LogP contribution in [-0.4, -0.2) is 42.3 Å². The van der Waals surface area contributed by atoms with Crippen molar-refractivity contribution in [1.29, 1.82) is 0 Å². The molecule has 0 aromatic carbocycles. The van der Waals surface area contributed by atoms with Gasteiger partial charge in [0.1, 0.15) is 0 Å². The molecule has 6 heteroatoms. The molecule has 1 saturated heterocycles. The van der Waals surface area contributed by atoms with E-state index in [0.717, 1.165) is 25.8 Å². The second-order valence-corrected chi connectivity index (χ2v) is 8.78. The highest BCUT2D eigenvalue weighted by Gasteiger charge is 2.33. The zero-order valence-corrected chi connectivity index (χ0v) is 14.1. The Bertz CT molecular complexity index is 551. The molecule has 2 unspecified atom stereocenters. The molecular formula is C15H27N3O2S. The normalized spacial score (nSPS) is 22.8. The highest BCUT2D eigenvalue weighted by molar-refractivity contribution is 7.91. The Morgan fingerprint density at radius 3 is 2.76 bits per heavy atom. The third-order valence-electron chi connectivity index (χ3n) is 4.28. The van der Waals surface area contributed by atoms with E-state index >= 15 is 0 Å². The maximum Gasteiger partial charge on any atom is 0.150 e. The maximum atomic E-state index is 11.7. The summed E-state index contributed by atoms with van der Waals surface area (Å²) in [5.74, 6) is 1.45. The highest BCUT2D eigenvalue weighted by Crippen LogP contribution is 2.29. The first-order valence-electron chi connectivity index (χ1n) is 7.77. The van der Waals surface area contributed by atoms with Gasteiger partial charge in [-0.3, -0.25) is 4.68 Å². The lowest BCUT2D eigenvalue weighted by atomic mass is 9.87. The van der Waals surface area contributed by atoms with E-state index in [1.165, 1.54) is 5.56 Å². The monoisotopic (exact) mass is 313 g/mol. The van der Waals surface area contributed by atoms with Crippen LogP contribution in [0.1, 0.15) is 32.3 Å². The first kappa shape index (κ1) is 16.5. The third-order valence-corrected chi connectivity index (χ3v) is 6.08. The predicted molar refractivity (Wildman–Crippen MR) is 84.9 cm³/mol. The van der Waals surface area contributed by atoms with Gasteiger partial charge in [-0.25, -0.2) is 8.42 Å². The van der Waals surface area contributed by atoms with Crippen molar-refractivity contribution < 1.29 is 8.42 Å². The van der Waals surface area contributed by atoms with Gasteiger partial charge in [0.05, 0.1) is 17.7 Å². The van der Waals surface area contributed by atoms with Gasteiger partial charge < -0.3 is 5.32 Å². The van der Waals surface area contributed by atoms with Crippen LogP contribution in [0.25, 0.3) is 0 Å². The lowest BCUT2D eigenvalue weighted by Crippen LogP contribution is -2.33. The Morgan fingerprint density at radius 2 is 2.24 bits per heavy atom. The van der Waals surface area contributed by atoms with E-state index in [1.807, 2.05) is 24.1 Å². The predicted octanol–water partition coefficient (Wildman–Crippen LogP) is 1.40. The van der Waals surface area contributed by atoms with Gasteiger partial charge in [0.25, 0.3) is 0 Å². The molecule has 0 amide bonds. The van der Waals surface area contributed by atoms with Crippen molar-refractivity contribution in [1.82, 2.24) is 15.1 Å². The number of hydrogen-bond donors (Lipinski definition) is 1. The van der Waals surface area contributed by atoms with Crippen molar-refractivity contribution in [2.45, 2.75) is 39.2 Å². The average Bonchev–Trinajstić information content (AvgIpc) is 2.95. The van der Waals surface area contributed by atoms with E-state index in [0.29, 0.717) is 29.4 Å². The Morgan fingerprint density at radius 1 is 1.48 bits per heavy atom. The van der Waals surface area contributed by atoms with Gasteiger partial charge in [0.15, 0.2) is 9.84 Å². The van der Waals surface area contributed by atoms with Gasteiger partial charge in [-0.1, -0.05) is 13.8 Å². The molecule has 1 aliphatic rings. The van der Waals surface area contributed by atoms with Crippen LogP contribution in [0.15, 0.2) is 12.4 Å². The summed E-state index contributed by atoms with van der Waals surface area (Å²) in [6, 6.07) is 0.434. The Hall–Kier alpha value is -0.880. The molecule has 0 radical (unpaired) electrons. The minimum Gasteiger partial charge on any atom is -0.314 e. The first-order valence-corrected chi connectivity index (χ1v) is 9.59. The molecule has 21 heavy (non-hydrogen) atoms. The van der Waals surface area contributed by atoms with Crippen molar-refractivity contribution in [3.05, 3.63) is 18.0 Å². The fourth-order valence-corrected chi connectivity index (χ4v) is 4.96. The number of nitrogens with one attached hydrogen (secondary N) is 1. The number of hydrogen-bond acceptors (Lipinski definition) is 4. The molecule has 120 valence electrons. The summed E-state index contributed by atoms with van der Waals surface area (Å²) in [4.78, 5) is 0. The molecule has 0 aliphatic carbocycles. The van der Waals surface area contributed by atoms with E-state index in [-0.39, 0.29) is 0 Å². The van der Waals surface area contributed by atoms with E-state index in [4.69, 9.17) is 0 Å². The lowest BCUT2D eigenvalue weighted by molar-refractivity contribution is 0.317. The van der Waals surface area contributed by atoms with Gasteiger partial charge in [0, 0.05) is 19.3 Å². The van der Waals surface area contributed by atoms with Crippen LogP contribution in [-0.2, 0) is 23.3 Å². The standard InChI is InChI=1S/C15H27N3O2S/c1-12(2)16-9-14(15-6-7-21(19,20)11-15)5-4-13-8-17-18(3)10-13/h8,10,12,14-16H,4-7,9,11H2,1-3H3. The molecule has 1 fully saturated rings. The van der Waals surface area contributed by atoms with Crippen molar-refractivity contribution in [2.75, 3.05) is 18.1 Å². The maximum absolute atomic E-state index is 11.7. The van der Waals surface area contributed by atoms with E-state index in [2.05, 4.69) is 24.3 Å². The molecule has 1 aromatic rings. The van der Waals surface area contributed by atoms with Crippen LogP contribution >= 0.6 is 0 Å². The topological polar surface area (TPSA) is 64.0 Å². The Balaban J connectivity index is 1.95. The molecule has 2 atom stereocenters. The van der Waals surface area contributed by atoms with Crippen LogP contribution < -0.4 is 5.32 Å². The molecule has 0 spiro atoms. The van der Waals surface area contributed by atoms with Crippen LogP contribution in [0.5, 0.6) is 0 Å². The van der Waals surface area contributed by atoms with Gasteiger partial charge in [-0.2, -0.15) is 5.10 Å². The van der Waals surface area contributed by atoms with Gasteiger partial charge in [-0.05, 0) is 43.2 Å². The van der Waals surface area contributed by atoms with Crippen LogP contribution in [0.3, 0.4) is 0 Å². The first-order chi connectivity index (χ1) is 9.85. The minimum atomic E-state index is -2.80. The summed E-state index contributed by atoms with van der Waals surface area (Å²) in [5, 5.41) is 7.67. The van der Waals surface area contributed by atoms with Crippen LogP contribution in [0, 0.1) is 11.8 Å². The Kier molecular flexibility index (Phi) is 5.43. The molecular weight excluding hydrogens is 286 g/mol. The fraction of sp³-hybridized carbons (Fsp3) is 0.800. The van der Waals surface area contributed by atoms with Crippen LogP contribution in [0.2, 0.25) is 0 Å². The summed E-state index contributed by atoms with van der Waals surface area (Å²) in [7, 11) is -0.881. The molecule has 1 aromatic heterocycles. The molecule has 2 rings (SSSR count). The smallest absolute Gasteiger partial charge is 0.150 e. The van der Waals surface area contributed by atoms with Gasteiger partial charge >= 0.3 is 0 Å². The van der Waals surface area contributed by atoms with Gasteiger partial charge in [-0.15, -0.1) is 0 Å². The summed E-state index contributed by atoms with van der Waals surface area (Å²) in [5.41, 5.74) is 1.23. The SMILES string of the molecule is CC(C)NCC(CCc1cnn(C)c1)C1CCS(=O)(=O)C1. The molecule has 1 aliphatic heterocycles. The largest absolute Gasteiger partial charge is 0.314 e. The van der Waals surface area contributed by atoms with Crippen molar-refractivity contribution >= 4 is 9.84 Å². The highest BCUT2D eigenvalue weighted by atomic mass is 32.2. The quantitative estimate of drug-likeness (QED) is 0.826. The number of aromatic nitrogens is 2. The summed E-state index contributed by atoms with van der Waals surface area (Å²) in [6.07, 6.45) is 6.75. The summed E-state index contributed by atoms with van der Waals surface area (Å²) >= 11 is 0. The second kappa shape index (κ2) is 6.92. The molecule has 0 bridgehead atoms. The summed E-state index contributed by atoms with van der Waals surface area (Å²) < 4.78 is 25.3. The van der Waals surface area contributed by atoms with Crippen LogP contribution in [0.4, 0.5) is 0 Å². The van der Waals surface area contributed by atoms with E-state index in [1.54, 1.807) is 0 Å². The zero-order chi connectivity index (χ0) is 15.5. The molecule has 0 saturated carbocycles. The summed E-state index contributed by atoms with van der Waals surface area (Å²) in [6.45, 7) is 5.16. The minimum absolute atomic E-state index is 0.304. The average molecular weight is 313 g/mol. The number of nitrogens with zero attached hydrogens (tertiary/aromatic N) is 2. The van der Waals surface area contributed by atoms with Gasteiger partial charge in [0.2, 0.25) is 0 Å². The molecule has 5 nitrogen and oxygen atoms in total. The molecule has 2 heterocycles. The van der Waals surface area contributed by atoms with E-state index in [9.17, 15) is 8.42 Å². The second-order valence-electron chi connectivity index (χ2n) is 6.55. The number of aryl methyl sites for hydroxylation is 2. The number of rotatable bonds is 7. The lowest BCUT2D eigenvalue weighted by Gasteiger charge is -2.24. The van der Waals surface area contributed by atoms with Crippen molar-refractivity contribution in [2.24, 2.45) is 18.9 Å². The Labute approximate surface area is 128 Å². The third kappa shape index (κ3) is 5.11. The van der Waals surface area contributed by atoms with Crippen molar-refractivity contribution in [3.63, 3.8) is 0 Å². The van der Waals surface area contributed by atoms with E-state index < -0.39 is 9.84 Å². The fourth-order valence-electron chi connectivity index (χ4n) is 3.04. The van der Waals surface area contributed by atoms with Crippen molar-refractivity contribution in [3.8, 4) is 0 Å². The molecule has 1 N–H and O–H groups in total. The number of sulfone groups is 1. The zero-order valence-electron chi connectivity index (χ0n) is 13.2.